The van der Waals surface area contributed by atoms with Gasteiger partial charge < -0.3 is 14.6 Å². The van der Waals surface area contributed by atoms with E-state index in [1.165, 1.54) is 18.4 Å². The number of nitrogens with one attached hydrogen (secondary N) is 1. The number of carbonyl (C=O) groups excluding carboxylic acids is 2. The van der Waals surface area contributed by atoms with Crippen molar-refractivity contribution in [1.82, 2.24) is 4.90 Å². The number of piperidine rings is 1. The van der Waals surface area contributed by atoms with Gasteiger partial charge in [0.05, 0.1) is 12.0 Å². The molecule has 1 aromatic carbocycles. The van der Waals surface area contributed by atoms with E-state index in [0.29, 0.717) is 31.7 Å². The summed E-state index contributed by atoms with van der Waals surface area (Å²) >= 11 is 0. The first-order chi connectivity index (χ1) is 11.1. The van der Waals surface area contributed by atoms with Crippen LogP contribution in [0.3, 0.4) is 0 Å². The highest BCUT2D eigenvalue weighted by Crippen LogP contribution is 2.22. The number of anilines is 1. The Bertz CT molecular complexity index is 692. The molecule has 1 aliphatic heterocycles. The van der Waals surface area contributed by atoms with E-state index in [2.05, 4.69) is 5.32 Å². The van der Waals surface area contributed by atoms with E-state index < -0.39 is 5.82 Å². The zero-order valence-corrected chi connectivity index (χ0v) is 12.5. The maximum absolute atomic E-state index is 13.6. The number of benzene rings is 1. The number of hydrogen-bond acceptors (Lipinski definition) is 3. The molecule has 5 nitrogen and oxygen atoms in total. The monoisotopic (exact) mass is 316 g/mol. The second-order valence-electron chi connectivity index (χ2n) is 5.51. The summed E-state index contributed by atoms with van der Waals surface area (Å²) in [5.74, 6) is -0.746. The third-order valence-electron chi connectivity index (χ3n) is 4.02. The molecule has 0 unspecified atom stereocenters. The first-order valence-electron chi connectivity index (χ1n) is 7.53. The lowest BCUT2D eigenvalue weighted by atomic mass is 9.95. The fraction of sp³-hybridized carbons (Fsp3) is 0.294. The van der Waals surface area contributed by atoms with Crippen molar-refractivity contribution in [2.45, 2.75) is 12.8 Å². The molecular weight excluding hydrogens is 299 g/mol. The van der Waals surface area contributed by atoms with Gasteiger partial charge in [-0.3, -0.25) is 9.59 Å². The average molecular weight is 316 g/mol. The van der Waals surface area contributed by atoms with Crippen LogP contribution in [0, 0.1) is 11.7 Å². The van der Waals surface area contributed by atoms with Crippen molar-refractivity contribution in [3.05, 3.63) is 54.2 Å². The molecule has 2 heterocycles. The third kappa shape index (κ3) is 3.41. The molecule has 1 aliphatic rings. The molecule has 2 amide bonds. The summed E-state index contributed by atoms with van der Waals surface area (Å²) in [6, 6.07) is 9.37. The number of carbonyl (C=O) groups is 2. The van der Waals surface area contributed by atoms with Gasteiger partial charge in [0.25, 0.3) is 5.91 Å². The van der Waals surface area contributed by atoms with Gasteiger partial charge in [0.1, 0.15) is 5.82 Å². The van der Waals surface area contributed by atoms with Crippen LogP contribution in [0.1, 0.15) is 23.4 Å². The number of furan rings is 1. The fourth-order valence-corrected chi connectivity index (χ4v) is 2.70. The second-order valence-corrected chi connectivity index (χ2v) is 5.51. The summed E-state index contributed by atoms with van der Waals surface area (Å²) in [6.07, 6.45) is 2.56. The number of para-hydroxylation sites is 1. The van der Waals surface area contributed by atoms with Crippen molar-refractivity contribution < 1.29 is 18.4 Å². The van der Waals surface area contributed by atoms with Gasteiger partial charge in [-0.25, -0.2) is 4.39 Å². The first-order valence-corrected chi connectivity index (χ1v) is 7.53. The molecule has 0 atom stereocenters. The van der Waals surface area contributed by atoms with Crippen LogP contribution < -0.4 is 5.32 Å². The van der Waals surface area contributed by atoms with Crippen LogP contribution >= 0.6 is 0 Å². The van der Waals surface area contributed by atoms with Crippen LogP contribution in [-0.4, -0.2) is 29.8 Å². The van der Waals surface area contributed by atoms with E-state index in [9.17, 15) is 14.0 Å². The summed E-state index contributed by atoms with van der Waals surface area (Å²) in [4.78, 5) is 26.1. The summed E-state index contributed by atoms with van der Waals surface area (Å²) in [5.41, 5.74) is 0.187. The topological polar surface area (TPSA) is 62.6 Å². The van der Waals surface area contributed by atoms with Gasteiger partial charge in [-0.05, 0) is 37.1 Å². The Balaban J connectivity index is 1.55. The van der Waals surface area contributed by atoms with Crippen molar-refractivity contribution in [2.24, 2.45) is 5.92 Å². The quantitative estimate of drug-likeness (QED) is 0.947. The van der Waals surface area contributed by atoms with E-state index in [0.717, 1.165) is 0 Å². The number of amides is 2. The molecule has 0 bridgehead atoms. The highest BCUT2D eigenvalue weighted by atomic mass is 19.1. The van der Waals surface area contributed by atoms with Crippen molar-refractivity contribution >= 4 is 17.5 Å². The molecule has 3 rings (SSSR count). The van der Waals surface area contributed by atoms with Crippen LogP contribution in [0.2, 0.25) is 0 Å². The van der Waals surface area contributed by atoms with Crippen LogP contribution in [0.4, 0.5) is 10.1 Å². The zero-order valence-electron chi connectivity index (χ0n) is 12.5. The van der Waals surface area contributed by atoms with Gasteiger partial charge in [0.15, 0.2) is 5.76 Å². The van der Waals surface area contributed by atoms with Crippen molar-refractivity contribution in [3.63, 3.8) is 0 Å². The SMILES string of the molecule is O=C(Nc1ccccc1F)C1CCN(C(=O)c2ccco2)CC1. The van der Waals surface area contributed by atoms with Gasteiger partial charge >= 0.3 is 0 Å². The molecule has 2 aromatic rings. The third-order valence-corrected chi connectivity index (χ3v) is 4.02. The highest BCUT2D eigenvalue weighted by Gasteiger charge is 2.29. The average Bonchev–Trinajstić information content (AvgIpc) is 3.11. The molecule has 1 N–H and O–H groups in total. The lowest BCUT2D eigenvalue weighted by molar-refractivity contribution is -0.121. The Labute approximate surface area is 133 Å². The smallest absolute Gasteiger partial charge is 0.289 e. The molecule has 6 heteroatoms. The maximum atomic E-state index is 13.6. The van der Waals surface area contributed by atoms with Crippen molar-refractivity contribution in [2.75, 3.05) is 18.4 Å². The molecule has 23 heavy (non-hydrogen) atoms. The molecule has 0 spiro atoms. The van der Waals surface area contributed by atoms with Crippen LogP contribution in [-0.2, 0) is 4.79 Å². The normalized spacial score (nSPS) is 15.4. The molecule has 1 fully saturated rings. The Morgan fingerprint density at radius 2 is 1.87 bits per heavy atom. The van der Waals surface area contributed by atoms with Crippen molar-refractivity contribution in [1.29, 1.82) is 0 Å². The lowest BCUT2D eigenvalue weighted by Gasteiger charge is -2.30. The second kappa shape index (κ2) is 6.64. The number of halogens is 1. The van der Waals surface area contributed by atoms with Crippen LogP contribution in [0.15, 0.2) is 47.1 Å². The predicted molar refractivity (Wildman–Crippen MR) is 82.4 cm³/mol. The first kappa shape index (κ1) is 15.3. The van der Waals surface area contributed by atoms with E-state index in [4.69, 9.17) is 4.42 Å². The van der Waals surface area contributed by atoms with Crippen molar-refractivity contribution in [3.8, 4) is 0 Å². The summed E-state index contributed by atoms with van der Waals surface area (Å²) in [6.45, 7) is 0.962. The van der Waals surface area contributed by atoms with Gasteiger partial charge in [0.2, 0.25) is 5.91 Å². The molecule has 0 saturated carbocycles. The highest BCUT2D eigenvalue weighted by molar-refractivity contribution is 5.94. The van der Waals surface area contributed by atoms with Gasteiger partial charge in [0, 0.05) is 19.0 Å². The molecule has 1 aromatic heterocycles. The number of rotatable bonds is 3. The Kier molecular flexibility index (Phi) is 4.41. The van der Waals surface area contributed by atoms with Gasteiger partial charge in [-0.15, -0.1) is 0 Å². The molecule has 1 saturated heterocycles. The van der Waals surface area contributed by atoms with Crippen LogP contribution in [0.5, 0.6) is 0 Å². The number of likely N-dealkylation sites (tertiary alicyclic amines) is 1. The number of nitrogens with zero attached hydrogens (tertiary/aromatic N) is 1. The minimum atomic E-state index is -0.453. The maximum Gasteiger partial charge on any atom is 0.289 e. The Morgan fingerprint density at radius 1 is 1.13 bits per heavy atom. The lowest BCUT2D eigenvalue weighted by Crippen LogP contribution is -2.41. The molecule has 0 radical (unpaired) electrons. The van der Waals surface area contributed by atoms with Gasteiger partial charge in [-0.2, -0.15) is 0 Å². The van der Waals surface area contributed by atoms with Gasteiger partial charge in [-0.1, -0.05) is 12.1 Å². The Morgan fingerprint density at radius 3 is 2.52 bits per heavy atom. The largest absolute Gasteiger partial charge is 0.459 e. The minimum Gasteiger partial charge on any atom is -0.459 e. The molecule has 120 valence electrons. The number of hydrogen-bond donors (Lipinski definition) is 1. The van der Waals surface area contributed by atoms with E-state index >= 15 is 0 Å². The van der Waals surface area contributed by atoms with Crippen LogP contribution in [0.25, 0.3) is 0 Å². The summed E-state index contributed by atoms with van der Waals surface area (Å²) in [7, 11) is 0. The predicted octanol–water partition coefficient (Wildman–Crippen LogP) is 2.91. The fourth-order valence-electron chi connectivity index (χ4n) is 2.70. The van der Waals surface area contributed by atoms with E-state index in [1.807, 2.05) is 0 Å². The standard InChI is InChI=1S/C17H17FN2O3/c18-13-4-1-2-5-14(13)19-16(21)12-7-9-20(10-8-12)17(22)15-6-3-11-23-15/h1-6,11-12H,7-10H2,(H,19,21). The summed E-state index contributed by atoms with van der Waals surface area (Å²) in [5, 5.41) is 2.62. The van der Waals surface area contributed by atoms with E-state index in [1.54, 1.807) is 29.2 Å². The zero-order chi connectivity index (χ0) is 16.2. The molecular formula is C17H17FN2O3. The van der Waals surface area contributed by atoms with E-state index in [-0.39, 0.29) is 23.4 Å². The Hall–Kier alpha value is -2.63. The minimum absolute atomic E-state index is 0.164. The summed E-state index contributed by atoms with van der Waals surface area (Å²) < 4.78 is 18.7. The molecule has 0 aliphatic carbocycles.